The summed E-state index contributed by atoms with van der Waals surface area (Å²) in [5.41, 5.74) is 0. The summed E-state index contributed by atoms with van der Waals surface area (Å²) < 4.78 is 16.2. The largest absolute Gasteiger partial charge is 0.382 e. The summed E-state index contributed by atoms with van der Waals surface area (Å²) in [6.45, 7) is 4.15. The van der Waals surface area contributed by atoms with Gasteiger partial charge < -0.3 is 19.5 Å². The fourth-order valence-corrected chi connectivity index (χ4v) is 1.75. The van der Waals surface area contributed by atoms with E-state index in [4.69, 9.17) is 14.2 Å². The molecule has 14 heavy (non-hydrogen) atoms. The molecule has 4 heteroatoms. The van der Waals surface area contributed by atoms with Crippen molar-refractivity contribution in [2.24, 2.45) is 0 Å². The van der Waals surface area contributed by atoms with Crippen molar-refractivity contribution in [2.75, 3.05) is 34.0 Å². The zero-order valence-electron chi connectivity index (χ0n) is 9.29. The fourth-order valence-electron chi connectivity index (χ4n) is 1.75. The van der Waals surface area contributed by atoms with Gasteiger partial charge >= 0.3 is 0 Å². The van der Waals surface area contributed by atoms with Gasteiger partial charge in [0.05, 0.1) is 25.4 Å². The van der Waals surface area contributed by atoms with Gasteiger partial charge in [0, 0.05) is 19.8 Å². The highest BCUT2D eigenvalue weighted by atomic mass is 16.6. The van der Waals surface area contributed by atoms with Gasteiger partial charge in [-0.05, 0) is 20.4 Å². The van der Waals surface area contributed by atoms with Gasteiger partial charge in [0.15, 0.2) is 0 Å². The molecule has 0 aromatic rings. The lowest BCUT2D eigenvalue weighted by Crippen LogP contribution is -2.48. The summed E-state index contributed by atoms with van der Waals surface area (Å²) in [6.07, 6.45) is 1.29. The Labute approximate surface area is 85.9 Å². The monoisotopic (exact) mass is 203 g/mol. The van der Waals surface area contributed by atoms with Crippen molar-refractivity contribution in [2.45, 2.75) is 31.6 Å². The summed E-state index contributed by atoms with van der Waals surface area (Å²) >= 11 is 0. The summed E-state index contributed by atoms with van der Waals surface area (Å²) in [7, 11) is 3.65. The maximum absolute atomic E-state index is 5.82. The molecule has 1 fully saturated rings. The Morgan fingerprint density at radius 2 is 2.36 bits per heavy atom. The molecule has 84 valence electrons. The van der Waals surface area contributed by atoms with Crippen LogP contribution in [0.15, 0.2) is 0 Å². The molecule has 0 aromatic heterocycles. The molecule has 4 nitrogen and oxygen atoms in total. The number of likely N-dealkylation sites (N-methyl/N-ethyl adjacent to an activating group) is 1. The van der Waals surface area contributed by atoms with Crippen molar-refractivity contribution in [3.05, 3.63) is 0 Å². The Morgan fingerprint density at radius 1 is 1.57 bits per heavy atom. The van der Waals surface area contributed by atoms with E-state index in [1.165, 1.54) is 0 Å². The molecule has 1 aliphatic rings. The number of nitrogens with one attached hydrogen (secondary N) is 1. The Morgan fingerprint density at radius 3 is 3.00 bits per heavy atom. The summed E-state index contributed by atoms with van der Waals surface area (Å²) in [5, 5.41) is 3.26. The third kappa shape index (κ3) is 3.53. The Bertz CT molecular complexity index is 154. The first-order valence-electron chi connectivity index (χ1n) is 5.17. The molecule has 0 aliphatic carbocycles. The molecule has 3 atom stereocenters. The minimum Gasteiger partial charge on any atom is -0.382 e. The van der Waals surface area contributed by atoms with Crippen LogP contribution in [0.3, 0.4) is 0 Å². The minimum atomic E-state index is 0.127. The zero-order valence-corrected chi connectivity index (χ0v) is 9.29. The van der Waals surface area contributed by atoms with Crippen molar-refractivity contribution in [1.82, 2.24) is 5.32 Å². The third-order valence-corrected chi connectivity index (χ3v) is 2.48. The van der Waals surface area contributed by atoms with Gasteiger partial charge in [-0.1, -0.05) is 0 Å². The molecular weight excluding hydrogens is 182 g/mol. The molecule has 0 amide bonds. The first-order chi connectivity index (χ1) is 6.77. The topological polar surface area (TPSA) is 39.7 Å². The van der Waals surface area contributed by atoms with Crippen LogP contribution in [0.1, 0.15) is 13.3 Å². The van der Waals surface area contributed by atoms with Crippen LogP contribution in [-0.4, -0.2) is 52.2 Å². The van der Waals surface area contributed by atoms with E-state index < -0.39 is 0 Å². The number of hydrogen-bond donors (Lipinski definition) is 1. The van der Waals surface area contributed by atoms with Gasteiger partial charge in [0.2, 0.25) is 0 Å². The Balaban J connectivity index is 2.32. The lowest BCUT2D eigenvalue weighted by molar-refractivity contribution is -0.108. The van der Waals surface area contributed by atoms with Crippen molar-refractivity contribution in [1.29, 1.82) is 0 Å². The van der Waals surface area contributed by atoms with Crippen LogP contribution in [-0.2, 0) is 14.2 Å². The average molecular weight is 203 g/mol. The summed E-state index contributed by atoms with van der Waals surface area (Å²) in [5.74, 6) is 0. The van der Waals surface area contributed by atoms with Crippen LogP contribution in [0.25, 0.3) is 0 Å². The zero-order chi connectivity index (χ0) is 10.4. The molecule has 0 radical (unpaired) electrons. The molecule has 0 aromatic carbocycles. The van der Waals surface area contributed by atoms with Gasteiger partial charge in [-0.3, -0.25) is 0 Å². The van der Waals surface area contributed by atoms with Crippen LogP contribution in [0.4, 0.5) is 0 Å². The van der Waals surface area contributed by atoms with E-state index in [2.05, 4.69) is 5.32 Å². The van der Waals surface area contributed by atoms with Crippen LogP contribution in [0, 0.1) is 0 Å². The molecule has 0 spiro atoms. The van der Waals surface area contributed by atoms with Crippen LogP contribution < -0.4 is 5.32 Å². The first kappa shape index (κ1) is 11.9. The van der Waals surface area contributed by atoms with E-state index in [0.29, 0.717) is 19.3 Å². The first-order valence-corrected chi connectivity index (χ1v) is 5.17. The highest BCUT2D eigenvalue weighted by Crippen LogP contribution is 2.13. The predicted molar refractivity (Wildman–Crippen MR) is 54.5 cm³/mol. The lowest BCUT2D eigenvalue weighted by Gasteiger charge is -2.33. The molecule has 0 saturated carbocycles. The fraction of sp³-hybridized carbons (Fsp3) is 1.00. The number of methoxy groups -OCH3 is 1. The van der Waals surface area contributed by atoms with Crippen LogP contribution in [0.5, 0.6) is 0 Å². The molecular formula is C10H21NO3. The van der Waals surface area contributed by atoms with Crippen molar-refractivity contribution < 1.29 is 14.2 Å². The summed E-state index contributed by atoms with van der Waals surface area (Å²) in [6, 6.07) is 0.406. The van der Waals surface area contributed by atoms with E-state index in [1.807, 2.05) is 14.0 Å². The molecule has 0 bridgehead atoms. The third-order valence-electron chi connectivity index (χ3n) is 2.48. The van der Waals surface area contributed by atoms with Crippen molar-refractivity contribution >= 4 is 0 Å². The van der Waals surface area contributed by atoms with Gasteiger partial charge in [0.25, 0.3) is 0 Å². The quantitative estimate of drug-likeness (QED) is 0.703. The SMILES string of the molecule is CNC1CCOCC1OC(C)COC. The van der Waals surface area contributed by atoms with E-state index in [9.17, 15) is 0 Å². The maximum atomic E-state index is 5.82. The standard InChI is InChI=1S/C10H21NO3/c1-8(6-12-3)14-10-7-13-5-4-9(10)11-2/h8-11H,4-7H2,1-3H3. The lowest BCUT2D eigenvalue weighted by atomic mass is 10.1. The van der Waals surface area contributed by atoms with Gasteiger partial charge in [0.1, 0.15) is 0 Å². The van der Waals surface area contributed by atoms with E-state index in [0.717, 1.165) is 13.0 Å². The van der Waals surface area contributed by atoms with Gasteiger partial charge in [-0.25, -0.2) is 0 Å². The van der Waals surface area contributed by atoms with Crippen LogP contribution in [0.2, 0.25) is 0 Å². The summed E-state index contributed by atoms with van der Waals surface area (Å²) in [4.78, 5) is 0. The van der Waals surface area contributed by atoms with Crippen LogP contribution >= 0.6 is 0 Å². The molecule has 1 saturated heterocycles. The molecule has 1 aliphatic heterocycles. The van der Waals surface area contributed by atoms with E-state index in [-0.39, 0.29) is 12.2 Å². The molecule has 1 rings (SSSR count). The predicted octanol–water partition coefficient (Wildman–Crippen LogP) is 0.415. The van der Waals surface area contributed by atoms with E-state index >= 15 is 0 Å². The molecule has 1 N–H and O–H groups in total. The van der Waals surface area contributed by atoms with Crippen molar-refractivity contribution in [3.63, 3.8) is 0 Å². The normalized spacial score (nSPS) is 30.2. The number of hydrogen-bond acceptors (Lipinski definition) is 4. The second kappa shape index (κ2) is 6.35. The smallest absolute Gasteiger partial charge is 0.0966 e. The Hall–Kier alpha value is -0.160. The maximum Gasteiger partial charge on any atom is 0.0966 e. The highest BCUT2D eigenvalue weighted by Gasteiger charge is 2.26. The second-order valence-electron chi connectivity index (χ2n) is 3.70. The average Bonchev–Trinajstić information content (AvgIpc) is 2.19. The highest BCUT2D eigenvalue weighted by molar-refractivity contribution is 4.79. The second-order valence-corrected chi connectivity index (χ2v) is 3.70. The molecule has 1 heterocycles. The van der Waals surface area contributed by atoms with E-state index in [1.54, 1.807) is 7.11 Å². The minimum absolute atomic E-state index is 0.127. The Kier molecular flexibility index (Phi) is 5.40. The molecule has 3 unspecified atom stereocenters. The van der Waals surface area contributed by atoms with Crippen molar-refractivity contribution in [3.8, 4) is 0 Å². The van der Waals surface area contributed by atoms with Gasteiger partial charge in [-0.2, -0.15) is 0 Å². The van der Waals surface area contributed by atoms with Gasteiger partial charge in [-0.15, -0.1) is 0 Å². The number of ether oxygens (including phenoxy) is 3. The number of rotatable bonds is 5.